The van der Waals surface area contributed by atoms with E-state index in [0.29, 0.717) is 11.5 Å². The summed E-state index contributed by atoms with van der Waals surface area (Å²) in [5.74, 6) is 0.287. The van der Waals surface area contributed by atoms with Crippen molar-refractivity contribution in [3.63, 3.8) is 0 Å². The fraction of sp³-hybridized carbons (Fsp3) is 0.500. The average Bonchev–Trinajstić information content (AvgIpc) is 2.85. The molecule has 1 N–H and O–H groups in total. The van der Waals surface area contributed by atoms with Crippen LogP contribution >= 0.6 is 0 Å². The number of benzene rings is 1. The first kappa shape index (κ1) is 12.1. The van der Waals surface area contributed by atoms with Crippen molar-refractivity contribution in [1.82, 2.24) is 5.32 Å². The van der Waals surface area contributed by atoms with E-state index in [4.69, 9.17) is 5.26 Å². The van der Waals surface area contributed by atoms with E-state index in [9.17, 15) is 4.39 Å². The van der Waals surface area contributed by atoms with Crippen molar-refractivity contribution in [2.45, 2.75) is 31.7 Å². The van der Waals surface area contributed by atoms with Crippen LogP contribution < -0.4 is 5.32 Å². The third kappa shape index (κ3) is 2.83. The van der Waals surface area contributed by atoms with Crippen LogP contribution in [0.5, 0.6) is 0 Å². The van der Waals surface area contributed by atoms with Crippen molar-refractivity contribution >= 4 is 0 Å². The molecule has 1 atom stereocenters. The number of hydrogen-bond acceptors (Lipinski definition) is 2. The van der Waals surface area contributed by atoms with Crippen LogP contribution in [-0.2, 0) is 0 Å². The lowest BCUT2D eigenvalue weighted by molar-refractivity contribution is 0.369. The molecule has 0 radical (unpaired) electrons. The van der Waals surface area contributed by atoms with E-state index in [1.807, 2.05) is 12.1 Å². The second kappa shape index (κ2) is 5.79. The highest BCUT2D eigenvalue weighted by Gasteiger charge is 2.27. The zero-order valence-electron chi connectivity index (χ0n) is 9.82. The van der Waals surface area contributed by atoms with E-state index in [1.165, 1.54) is 18.9 Å². The van der Waals surface area contributed by atoms with Crippen LogP contribution in [-0.4, -0.2) is 6.54 Å². The standard InChI is InChI=1S/C14H17FN2/c15-13-8-4-3-7-12(13)14(17-10-9-16)11-5-1-2-6-11/h3-4,7-8,11,14,17H,1-2,5-6,10H2/t14-/m0/s1. The molecule has 0 amide bonds. The number of hydrogen-bond donors (Lipinski definition) is 1. The number of nitriles is 1. The van der Waals surface area contributed by atoms with Crippen molar-refractivity contribution in [2.75, 3.05) is 6.54 Å². The maximum atomic E-state index is 13.8. The molecule has 0 aromatic heterocycles. The van der Waals surface area contributed by atoms with Gasteiger partial charge in [0.1, 0.15) is 5.82 Å². The molecule has 2 rings (SSSR count). The second-order valence-electron chi connectivity index (χ2n) is 4.58. The molecule has 1 saturated carbocycles. The van der Waals surface area contributed by atoms with Crippen molar-refractivity contribution in [1.29, 1.82) is 5.26 Å². The van der Waals surface area contributed by atoms with E-state index in [2.05, 4.69) is 11.4 Å². The van der Waals surface area contributed by atoms with Gasteiger partial charge in [-0.2, -0.15) is 5.26 Å². The van der Waals surface area contributed by atoms with Gasteiger partial charge in [-0.15, -0.1) is 0 Å². The van der Waals surface area contributed by atoms with Crippen LogP contribution in [0.15, 0.2) is 24.3 Å². The van der Waals surface area contributed by atoms with Crippen molar-refractivity contribution in [2.24, 2.45) is 5.92 Å². The summed E-state index contributed by atoms with van der Waals surface area (Å²) in [6.45, 7) is 0.273. The lowest BCUT2D eigenvalue weighted by Gasteiger charge is -2.24. The Kier molecular flexibility index (Phi) is 4.11. The van der Waals surface area contributed by atoms with Crippen molar-refractivity contribution < 1.29 is 4.39 Å². The number of halogens is 1. The van der Waals surface area contributed by atoms with Crippen LogP contribution in [0.25, 0.3) is 0 Å². The molecular formula is C14H17FN2. The van der Waals surface area contributed by atoms with Gasteiger partial charge < -0.3 is 0 Å². The minimum absolute atomic E-state index is 0.0154. The fourth-order valence-corrected chi connectivity index (χ4v) is 2.70. The molecule has 1 aromatic rings. The third-order valence-corrected chi connectivity index (χ3v) is 3.51. The molecule has 90 valence electrons. The molecule has 1 aromatic carbocycles. The van der Waals surface area contributed by atoms with Crippen LogP contribution in [0.3, 0.4) is 0 Å². The number of rotatable bonds is 4. The predicted octanol–water partition coefficient (Wildman–Crippen LogP) is 3.17. The molecule has 17 heavy (non-hydrogen) atoms. The van der Waals surface area contributed by atoms with Gasteiger partial charge in [-0.05, 0) is 24.8 Å². The molecule has 0 unspecified atom stereocenters. The lowest BCUT2D eigenvalue weighted by atomic mass is 9.91. The first-order valence-electron chi connectivity index (χ1n) is 6.17. The van der Waals surface area contributed by atoms with Crippen LogP contribution in [0.2, 0.25) is 0 Å². The van der Waals surface area contributed by atoms with E-state index < -0.39 is 0 Å². The Hall–Kier alpha value is -1.40. The fourth-order valence-electron chi connectivity index (χ4n) is 2.70. The lowest BCUT2D eigenvalue weighted by Crippen LogP contribution is -2.28. The van der Waals surface area contributed by atoms with Gasteiger partial charge in [-0.1, -0.05) is 31.0 Å². The van der Waals surface area contributed by atoms with Crippen LogP contribution in [0.1, 0.15) is 37.3 Å². The van der Waals surface area contributed by atoms with Gasteiger partial charge >= 0.3 is 0 Å². The Morgan fingerprint density at radius 1 is 1.35 bits per heavy atom. The predicted molar refractivity (Wildman–Crippen MR) is 64.7 cm³/mol. The number of nitrogens with zero attached hydrogens (tertiary/aromatic N) is 1. The molecule has 1 fully saturated rings. The first-order valence-corrected chi connectivity index (χ1v) is 6.17. The van der Waals surface area contributed by atoms with Gasteiger partial charge in [0.15, 0.2) is 0 Å². The largest absolute Gasteiger partial charge is 0.297 e. The summed E-state index contributed by atoms with van der Waals surface area (Å²) in [6, 6.07) is 8.93. The monoisotopic (exact) mass is 232 g/mol. The molecule has 1 aliphatic rings. The summed E-state index contributed by atoms with van der Waals surface area (Å²) in [7, 11) is 0. The summed E-state index contributed by atoms with van der Waals surface area (Å²) < 4.78 is 13.8. The molecule has 0 aliphatic heterocycles. The molecule has 0 heterocycles. The Balaban J connectivity index is 2.20. The topological polar surface area (TPSA) is 35.8 Å². The third-order valence-electron chi connectivity index (χ3n) is 3.51. The van der Waals surface area contributed by atoms with Crippen LogP contribution in [0, 0.1) is 23.1 Å². The summed E-state index contributed by atoms with van der Waals surface area (Å²) in [5, 5.41) is 11.8. The Labute approximate surface area is 101 Å². The highest BCUT2D eigenvalue weighted by molar-refractivity contribution is 5.22. The van der Waals surface area contributed by atoms with E-state index in [0.717, 1.165) is 12.8 Å². The molecule has 0 spiro atoms. The zero-order chi connectivity index (χ0) is 12.1. The van der Waals surface area contributed by atoms with E-state index in [-0.39, 0.29) is 18.4 Å². The first-order chi connectivity index (χ1) is 8.33. The smallest absolute Gasteiger partial charge is 0.127 e. The number of nitrogens with one attached hydrogen (secondary N) is 1. The molecule has 0 bridgehead atoms. The quantitative estimate of drug-likeness (QED) is 0.809. The van der Waals surface area contributed by atoms with Crippen LogP contribution in [0.4, 0.5) is 4.39 Å². The minimum atomic E-state index is -0.171. The van der Waals surface area contributed by atoms with E-state index >= 15 is 0 Å². The summed E-state index contributed by atoms with van der Waals surface area (Å²) in [5.41, 5.74) is 0.703. The normalized spacial score (nSPS) is 17.9. The Bertz CT molecular complexity index is 405. The molecule has 3 heteroatoms. The van der Waals surface area contributed by atoms with E-state index in [1.54, 1.807) is 6.07 Å². The van der Waals surface area contributed by atoms with Gasteiger partial charge in [0, 0.05) is 11.6 Å². The summed E-state index contributed by atoms with van der Waals surface area (Å²) >= 11 is 0. The molecule has 0 saturated heterocycles. The molecular weight excluding hydrogens is 215 g/mol. The van der Waals surface area contributed by atoms with Gasteiger partial charge in [-0.3, -0.25) is 5.32 Å². The second-order valence-corrected chi connectivity index (χ2v) is 4.58. The minimum Gasteiger partial charge on any atom is -0.297 e. The maximum Gasteiger partial charge on any atom is 0.127 e. The summed E-state index contributed by atoms with van der Waals surface area (Å²) in [6.07, 6.45) is 4.67. The van der Waals surface area contributed by atoms with Gasteiger partial charge in [0.2, 0.25) is 0 Å². The van der Waals surface area contributed by atoms with Gasteiger partial charge in [0.25, 0.3) is 0 Å². The average molecular weight is 232 g/mol. The zero-order valence-corrected chi connectivity index (χ0v) is 9.82. The molecule has 2 nitrogen and oxygen atoms in total. The summed E-state index contributed by atoms with van der Waals surface area (Å²) in [4.78, 5) is 0. The van der Waals surface area contributed by atoms with Gasteiger partial charge in [0.05, 0.1) is 12.6 Å². The highest BCUT2D eigenvalue weighted by Crippen LogP contribution is 2.36. The Morgan fingerprint density at radius 3 is 2.71 bits per heavy atom. The Morgan fingerprint density at radius 2 is 2.06 bits per heavy atom. The van der Waals surface area contributed by atoms with Crippen molar-refractivity contribution in [3.05, 3.63) is 35.6 Å². The molecule has 1 aliphatic carbocycles. The highest BCUT2D eigenvalue weighted by atomic mass is 19.1. The van der Waals surface area contributed by atoms with Gasteiger partial charge in [-0.25, -0.2) is 4.39 Å². The maximum absolute atomic E-state index is 13.8. The van der Waals surface area contributed by atoms with Crippen molar-refractivity contribution in [3.8, 4) is 6.07 Å². The SMILES string of the molecule is N#CCN[C@H](c1ccccc1F)C1CCCC1.